The normalized spacial score (nSPS) is 11.9. The zero-order valence-electron chi connectivity index (χ0n) is 11.9. The van der Waals surface area contributed by atoms with Crippen molar-refractivity contribution < 1.29 is 9.66 Å². The Morgan fingerprint density at radius 1 is 1.43 bits per heavy atom. The molecular weight excluding hydrogens is 270 g/mol. The third kappa shape index (κ3) is 4.00. The molecule has 0 aliphatic carbocycles. The molecule has 0 amide bonds. The van der Waals surface area contributed by atoms with E-state index in [0.717, 1.165) is 11.1 Å². The Morgan fingerprint density at radius 3 is 2.86 bits per heavy atom. The summed E-state index contributed by atoms with van der Waals surface area (Å²) in [7, 11) is 1.49. The number of nitro groups is 1. The predicted octanol–water partition coefficient (Wildman–Crippen LogP) is 2.85. The van der Waals surface area contributed by atoms with Crippen LogP contribution in [0.4, 0.5) is 5.69 Å². The molecule has 1 aromatic heterocycles. The number of hydrogen-bond donors (Lipinski definition) is 1. The van der Waals surface area contributed by atoms with E-state index in [1.807, 2.05) is 19.1 Å². The van der Waals surface area contributed by atoms with Gasteiger partial charge in [-0.3, -0.25) is 15.1 Å². The second-order valence-corrected chi connectivity index (χ2v) is 4.69. The number of hydrogen-bond acceptors (Lipinski definition) is 5. The van der Waals surface area contributed by atoms with E-state index in [4.69, 9.17) is 4.74 Å². The molecule has 0 spiro atoms. The summed E-state index contributed by atoms with van der Waals surface area (Å²) in [5, 5.41) is 14.2. The van der Waals surface area contributed by atoms with Crippen molar-refractivity contribution in [3.8, 4) is 5.75 Å². The lowest BCUT2D eigenvalue weighted by Gasteiger charge is -2.14. The van der Waals surface area contributed by atoms with Gasteiger partial charge in [0.05, 0.1) is 18.1 Å². The van der Waals surface area contributed by atoms with Crippen molar-refractivity contribution in [3.05, 3.63) is 64.0 Å². The standard InChI is InChI=1S/C15H17N3O3/c1-11(13-4-3-5-16-10-13)17-9-12-6-14(18(19)20)8-15(7-12)21-2/h3-8,10-11,17H,9H2,1-2H3/t11-/m0/s1. The lowest BCUT2D eigenvalue weighted by molar-refractivity contribution is -0.385. The maximum atomic E-state index is 10.9. The monoisotopic (exact) mass is 287 g/mol. The van der Waals surface area contributed by atoms with Crippen LogP contribution < -0.4 is 10.1 Å². The molecule has 2 aromatic rings. The highest BCUT2D eigenvalue weighted by atomic mass is 16.6. The number of methoxy groups -OCH3 is 1. The van der Waals surface area contributed by atoms with Crippen LogP contribution in [0.1, 0.15) is 24.1 Å². The van der Waals surface area contributed by atoms with Crippen molar-refractivity contribution >= 4 is 5.69 Å². The van der Waals surface area contributed by atoms with Crippen LogP contribution in [0.25, 0.3) is 0 Å². The minimum atomic E-state index is -0.420. The molecule has 1 aromatic carbocycles. The molecule has 0 aliphatic rings. The summed E-state index contributed by atoms with van der Waals surface area (Å²) in [4.78, 5) is 14.6. The smallest absolute Gasteiger partial charge is 0.273 e. The summed E-state index contributed by atoms with van der Waals surface area (Å²) >= 11 is 0. The number of nitrogens with zero attached hydrogens (tertiary/aromatic N) is 2. The van der Waals surface area contributed by atoms with E-state index in [1.54, 1.807) is 24.5 Å². The Balaban J connectivity index is 2.09. The zero-order valence-corrected chi connectivity index (χ0v) is 11.9. The minimum Gasteiger partial charge on any atom is -0.496 e. The molecule has 1 heterocycles. The molecule has 0 radical (unpaired) electrons. The number of aromatic nitrogens is 1. The van der Waals surface area contributed by atoms with Gasteiger partial charge in [-0.1, -0.05) is 6.07 Å². The topological polar surface area (TPSA) is 77.3 Å². The first kappa shape index (κ1) is 14.9. The van der Waals surface area contributed by atoms with Crippen molar-refractivity contribution in [2.24, 2.45) is 0 Å². The number of rotatable bonds is 6. The molecule has 21 heavy (non-hydrogen) atoms. The first-order chi connectivity index (χ1) is 10.1. The lowest BCUT2D eigenvalue weighted by Crippen LogP contribution is -2.18. The van der Waals surface area contributed by atoms with Gasteiger partial charge in [0.2, 0.25) is 0 Å². The third-order valence-corrected chi connectivity index (χ3v) is 3.19. The lowest BCUT2D eigenvalue weighted by atomic mass is 10.1. The van der Waals surface area contributed by atoms with Crippen molar-refractivity contribution in [1.29, 1.82) is 0 Å². The van der Waals surface area contributed by atoms with Gasteiger partial charge in [0.1, 0.15) is 5.75 Å². The fourth-order valence-corrected chi connectivity index (χ4v) is 1.99. The van der Waals surface area contributed by atoms with Crippen LogP contribution in [0.2, 0.25) is 0 Å². The minimum absolute atomic E-state index is 0.0279. The molecule has 2 rings (SSSR count). The van der Waals surface area contributed by atoms with Crippen molar-refractivity contribution in [2.75, 3.05) is 7.11 Å². The molecule has 1 N–H and O–H groups in total. The molecule has 110 valence electrons. The molecule has 0 unspecified atom stereocenters. The summed E-state index contributed by atoms with van der Waals surface area (Å²) in [5.74, 6) is 0.482. The van der Waals surface area contributed by atoms with E-state index in [2.05, 4.69) is 10.3 Å². The maximum Gasteiger partial charge on any atom is 0.273 e. The first-order valence-corrected chi connectivity index (χ1v) is 6.56. The van der Waals surface area contributed by atoms with E-state index in [9.17, 15) is 10.1 Å². The van der Waals surface area contributed by atoms with Gasteiger partial charge in [-0.05, 0) is 30.2 Å². The molecule has 0 saturated heterocycles. The van der Waals surface area contributed by atoms with Gasteiger partial charge in [0, 0.05) is 31.0 Å². The highest BCUT2D eigenvalue weighted by Gasteiger charge is 2.11. The Labute approximate surface area is 122 Å². The van der Waals surface area contributed by atoms with Gasteiger partial charge in [0.25, 0.3) is 5.69 Å². The molecule has 6 nitrogen and oxygen atoms in total. The Morgan fingerprint density at radius 2 is 2.24 bits per heavy atom. The van der Waals surface area contributed by atoms with Crippen LogP contribution >= 0.6 is 0 Å². The molecule has 0 bridgehead atoms. The summed E-state index contributed by atoms with van der Waals surface area (Å²) < 4.78 is 5.09. The summed E-state index contributed by atoms with van der Waals surface area (Å²) in [6, 6.07) is 8.71. The molecule has 0 aliphatic heterocycles. The van der Waals surface area contributed by atoms with E-state index in [0.29, 0.717) is 12.3 Å². The van der Waals surface area contributed by atoms with Gasteiger partial charge >= 0.3 is 0 Å². The van der Waals surface area contributed by atoms with E-state index in [-0.39, 0.29) is 11.7 Å². The Hall–Kier alpha value is -2.47. The van der Waals surface area contributed by atoms with Crippen LogP contribution in [-0.2, 0) is 6.54 Å². The van der Waals surface area contributed by atoms with Gasteiger partial charge in [0.15, 0.2) is 0 Å². The van der Waals surface area contributed by atoms with Crippen LogP contribution in [0.5, 0.6) is 5.75 Å². The molecule has 1 atom stereocenters. The van der Waals surface area contributed by atoms with Crippen LogP contribution in [0, 0.1) is 10.1 Å². The van der Waals surface area contributed by atoms with Crippen LogP contribution in [0.3, 0.4) is 0 Å². The van der Waals surface area contributed by atoms with Gasteiger partial charge in [-0.2, -0.15) is 0 Å². The van der Waals surface area contributed by atoms with Crippen LogP contribution in [-0.4, -0.2) is 17.0 Å². The quantitative estimate of drug-likeness (QED) is 0.653. The van der Waals surface area contributed by atoms with Gasteiger partial charge < -0.3 is 10.1 Å². The Bertz CT molecular complexity index is 617. The van der Waals surface area contributed by atoms with Crippen molar-refractivity contribution in [3.63, 3.8) is 0 Å². The summed E-state index contributed by atoms with van der Waals surface area (Å²) in [6.07, 6.45) is 3.52. The van der Waals surface area contributed by atoms with Crippen molar-refractivity contribution in [1.82, 2.24) is 10.3 Å². The summed E-state index contributed by atoms with van der Waals surface area (Å²) in [5.41, 5.74) is 1.90. The van der Waals surface area contributed by atoms with E-state index < -0.39 is 4.92 Å². The molecule has 6 heteroatoms. The maximum absolute atomic E-state index is 10.9. The van der Waals surface area contributed by atoms with Crippen molar-refractivity contribution in [2.45, 2.75) is 19.5 Å². The third-order valence-electron chi connectivity index (χ3n) is 3.19. The second-order valence-electron chi connectivity index (χ2n) is 4.69. The fourth-order valence-electron chi connectivity index (χ4n) is 1.99. The number of nitrogens with one attached hydrogen (secondary N) is 1. The number of ether oxygens (including phenoxy) is 1. The average molecular weight is 287 g/mol. The predicted molar refractivity (Wildman–Crippen MR) is 79.1 cm³/mol. The van der Waals surface area contributed by atoms with Gasteiger partial charge in [-0.15, -0.1) is 0 Å². The number of benzene rings is 1. The Kier molecular flexibility index (Phi) is 4.84. The van der Waals surface area contributed by atoms with Gasteiger partial charge in [-0.25, -0.2) is 0 Å². The highest BCUT2D eigenvalue weighted by Crippen LogP contribution is 2.23. The molecular formula is C15H17N3O3. The highest BCUT2D eigenvalue weighted by molar-refractivity contribution is 5.42. The zero-order chi connectivity index (χ0) is 15.2. The first-order valence-electron chi connectivity index (χ1n) is 6.56. The summed E-state index contributed by atoms with van der Waals surface area (Å²) in [6.45, 7) is 2.53. The SMILES string of the molecule is COc1cc(CN[C@@H](C)c2cccnc2)cc([N+](=O)[O-])c1. The number of nitro benzene ring substituents is 1. The number of non-ortho nitro benzene ring substituents is 1. The largest absolute Gasteiger partial charge is 0.496 e. The molecule has 0 saturated carbocycles. The second kappa shape index (κ2) is 6.81. The van der Waals surface area contributed by atoms with Crippen LogP contribution in [0.15, 0.2) is 42.7 Å². The average Bonchev–Trinajstić information content (AvgIpc) is 2.53. The van der Waals surface area contributed by atoms with E-state index in [1.165, 1.54) is 13.2 Å². The number of pyridine rings is 1. The molecule has 0 fully saturated rings. The van der Waals surface area contributed by atoms with E-state index >= 15 is 0 Å². The fraction of sp³-hybridized carbons (Fsp3) is 0.267.